The van der Waals surface area contributed by atoms with E-state index in [-0.39, 0.29) is 18.0 Å². The third kappa shape index (κ3) is 4.21. The minimum Gasteiger partial charge on any atom is -0.458 e. The number of allylic oxidation sites excluding steroid dienone is 1. The maximum atomic E-state index is 11.8. The zero-order chi connectivity index (χ0) is 13.1. The number of hydrogen-bond donors (Lipinski definition) is 0. The molecule has 0 heterocycles. The molecule has 0 aromatic heterocycles. The third-order valence-corrected chi connectivity index (χ3v) is 2.48. The number of carbonyl (C=O) groups is 2. The fraction of sp³-hybridized carbons (Fsp3) is 0.692. The normalized spacial score (nSPS) is 24.2. The van der Waals surface area contributed by atoms with E-state index >= 15 is 0 Å². The van der Waals surface area contributed by atoms with Gasteiger partial charge in [0, 0.05) is 6.92 Å². The van der Waals surface area contributed by atoms with Gasteiger partial charge in [-0.05, 0) is 39.7 Å². The summed E-state index contributed by atoms with van der Waals surface area (Å²) in [5.74, 6) is -0.631. The molecule has 96 valence electrons. The molecule has 1 aliphatic carbocycles. The summed E-state index contributed by atoms with van der Waals surface area (Å²) >= 11 is 0. The van der Waals surface area contributed by atoms with Gasteiger partial charge in [-0.1, -0.05) is 6.08 Å². The Bertz CT molecular complexity index is 325. The predicted molar refractivity (Wildman–Crippen MR) is 63.3 cm³/mol. The van der Waals surface area contributed by atoms with E-state index in [0.29, 0.717) is 6.42 Å². The minimum atomic E-state index is -0.540. The summed E-state index contributed by atoms with van der Waals surface area (Å²) < 4.78 is 10.5. The molecule has 0 radical (unpaired) electrons. The summed E-state index contributed by atoms with van der Waals surface area (Å²) in [6, 6.07) is 0. The zero-order valence-electron chi connectivity index (χ0n) is 10.9. The van der Waals surface area contributed by atoms with Crippen LogP contribution in [0.4, 0.5) is 0 Å². The van der Waals surface area contributed by atoms with Crippen LogP contribution in [-0.2, 0) is 19.1 Å². The molecule has 2 atom stereocenters. The molecule has 0 aromatic carbocycles. The Morgan fingerprint density at radius 2 is 1.88 bits per heavy atom. The molecule has 4 heteroatoms. The van der Waals surface area contributed by atoms with Crippen molar-refractivity contribution in [3.8, 4) is 0 Å². The monoisotopic (exact) mass is 240 g/mol. The number of esters is 2. The van der Waals surface area contributed by atoms with Gasteiger partial charge in [-0.25, -0.2) is 0 Å². The molecule has 1 aliphatic rings. The molecule has 0 spiro atoms. The second-order valence-corrected chi connectivity index (χ2v) is 5.27. The van der Waals surface area contributed by atoms with Crippen LogP contribution in [0.1, 0.15) is 40.5 Å². The maximum absolute atomic E-state index is 11.8. The lowest BCUT2D eigenvalue weighted by atomic mass is 9.96. The highest BCUT2D eigenvalue weighted by molar-refractivity contribution is 5.75. The van der Waals surface area contributed by atoms with E-state index in [1.54, 1.807) is 26.8 Å². The number of hydrogen-bond acceptors (Lipinski definition) is 4. The first-order valence-electron chi connectivity index (χ1n) is 5.85. The van der Waals surface area contributed by atoms with Crippen molar-refractivity contribution in [2.45, 2.75) is 52.7 Å². The highest BCUT2D eigenvalue weighted by Gasteiger charge is 2.32. The molecule has 0 saturated carbocycles. The molecular weight excluding hydrogens is 220 g/mol. The molecule has 0 saturated heterocycles. The molecule has 17 heavy (non-hydrogen) atoms. The van der Waals surface area contributed by atoms with Crippen LogP contribution in [0.5, 0.6) is 0 Å². The molecule has 0 bridgehead atoms. The Hall–Kier alpha value is -1.32. The Morgan fingerprint density at radius 1 is 1.24 bits per heavy atom. The van der Waals surface area contributed by atoms with Crippen molar-refractivity contribution in [2.24, 2.45) is 5.41 Å². The van der Waals surface area contributed by atoms with Gasteiger partial charge in [-0.3, -0.25) is 9.59 Å². The van der Waals surface area contributed by atoms with Crippen LogP contribution in [-0.4, -0.2) is 24.1 Å². The summed E-state index contributed by atoms with van der Waals surface area (Å²) in [5.41, 5.74) is -0.540. The van der Waals surface area contributed by atoms with Crippen molar-refractivity contribution >= 4 is 11.9 Å². The van der Waals surface area contributed by atoms with Crippen LogP contribution >= 0.6 is 0 Å². The van der Waals surface area contributed by atoms with Gasteiger partial charge in [0.05, 0.1) is 5.41 Å². The van der Waals surface area contributed by atoms with E-state index in [9.17, 15) is 9.59 Å². The van der Waals surface area contributed by atoms with E-state index < -0.39 is 11.5 Å². The van der Waals surface area contributed by atoms with Crippen LogP contribution in [0.3, 0.4) is 0 Å². The molecule has 0 aromatic rings. The van der Waals surface area contributed by atoms with Gasteiger partial charge >= 0.3 is 11.9 Å². The molecular formula is C13H20O4. The van der Waals surface area contributed by atoms with Gasteiger partial charge < -0.3 is 9.47 Å². The standard InChI is InChI=1S/C13H20O4/c1-9(14)16-10-7-5-6-8-11(10)17-12(15)13(2,3)4/h5,7,10-11H,6,8H2,1-4H3/t10-,11+/m0/s1. The molecule has 0 unspecified atom stereocenters. The number of rotatable bonds is 2. The first kappa shape index (κ1) is 13.7. The summed E-state index contributed by atoms with van der Waals surface area (Å²) in [6.45, 7) is 6.75. The van der Waals surface area contributed by atoms with Gasteiger partial charge in [0.1, 0.15) is 6.10 Å². The van der Waals surface area contributed by atoms with Gasteiger partial charge in [0.2, 0.25) is 0 Å². The average molecular weight is 240 g/mol. The smallest absolute Gasteiger partial charge is 0.311 e. The molecule has 0 aliphatic heterocycles. The van der Waals surface area contributed by atoms with Gasteiger partial charge in [-0.2, -0.15) is 0 Å². The fourth-order valence-electron chi connectivity index (χ4n) is 1.53. The van der Waals surface area contributed by atoms with E-state index in [1.165, 1.54) is 6.92 Å². The molecule has 0 amide bonds. The van der Waals surface area contributed by atoms with Gasteiger partial charge in [0.15, 0.2) is 6.10 Å². The third-order valence-electron chi connectivity index (χ3n) is 2.48. The highest BCUT2D eigenvalue weighted by atomic mass is 16.6. The summed E-state index contributed by atoms with van der Waals surface area (Å²) in [6.07, 6.45) is 4.43. The lowest BCUT2D eigenvalue weighted by molar-refractivity contribution is -0.170. The van der Waals surface area contributed by atoms with Crippen molar-refractivity contribution in [3.05, 3.63) is 12.2 Å². The maximum Gasteiger partial charge on any atom is 0.311 e. The molecule has 4 nitrogen and oxygen atoms in total. The predicted octanol–water partition coefficient (Wildman–Crippen LogP) is 2.23. The van der Waals surface area contributed by atoms with Crippen molar-refractivity contribution in [1.82, 2.24) is 0 Å². The molecule has 0 fully saturated rings. The Morgan fingerprint density at radius 3 is 2.41 bits per heavy atom. The largest absolute Gasteiger partial charge is 0.458 e. The van der Waals surface area contributed by atoms with Crippen LogP contribution < -0.4 is 0 Å². The first-order chi connectivity index (χ1) is 7.80. The molecule has 0 N–H and O–H groups in total. The Kier molecular flexibility index (Phi) is 4.32. The zero-order valence-corrected chi connectivity index (χ0v) is 10.9. The fourth-order valence-corrected chi connectivity index (χ4v) is 1.53. The second-order valence-electron chi connectivity index (χ2n) is 5.27. The first-order valence-corrected chi connectivity index (χ1v) is 5.85. The summed E-state index contributed by atoms with van der Waals surface area (Å²) in [4.78, 5) is 22.7. The van der Waals surface area contributed by atoms with Crippen LogP contribution in [0.2, 0.25) is 0 Å². The van der Waals surface area contributed by atoms with Crippen LogP contribution in [0.15, 0.2) is 12.2 Å². The van der Waals surface area contributed by atoms with Crippen LogP contribution in [0, 0.1) is 5.41 Å². The minimum absolute atomic E-state index is 0.269. The van der Waals surface area contributed by atoms with Crippen molar-refractivity contribution in [2.75, 3.05) is 0 Å². The quantitative estimate of drug-likeness (QED) is 0.548. The second kappa shape index (κ2) is 5.34. The van der Waals surface area contributed by atoms with E-state index in [1.807, 2.05) is 6.08 Å². The lowest BCUT2D eigenvalue weighted by Gasteiger charge is -2.29. The number of ether oxygens (including phenoxy) is 2. The topological polar surface area (TPSA) is 52.6 Å². The Balaban J connectivity index is 2.65. The summed E-state index contributed by atoms with van der Waals surface area (Å²) in [5, 5.41) is 0. The SMILES string of the molecule is CC(=O)O[C@H]1C=CCC[C@H]1OC(=O)C(C)(C)C. The molecule has 1 rings (SSSR count). The highest BCUT2D eigenvalue weighted by Crippen LogP contribution is 2.23. The van der Waals surface area contributed by atoms with Crippen molar-refractivity contribution in [3.63, 3.8) is 0 Å². The number of carbonyl (C=O) groups excluding carboxylic acids is 2. The van der Waals surface area contributed by atoms with Crippen LogP contribution in [0.25, 0.3) is 0 Å². The van der Waals surface area contributed by atoms with Gasteiger partial charge in [0.25, 0.3) is 0 Å². The van der Waals surface area contributed by atoms with Gasteiger partial charge in [-0.15, -0.1) is 0 Å². The van der Waals surface area contributed by atoms with E-state index in [2.05, 4.69) is 0 Å². The van der Waals surface area contributed by atoms with Crippen molar-refractivity contribution < 1.29 is 19.1 Å². The Labute approximate surface area is 102 Å². The van der Waals surface area contributed by atoms with E-state index in [4.69, 9.17) is 9.47 Å². The lowest BCUT2D eigenvalue weighted by Crippen LogP contribution is -2.38. The summed E-state index contributed by atoms with van der Waals surface area (Å²) in [7, 11) is 0. The van der Waals surface area contributed by atoms with Crippen molar-refractivity contribution in [1.29, 1.82) is 0 Å². The average Bonchev–Trinajstić information content (AvgIpc) is 2.18. The van der Waals surface area contributed by atoms with E-state index in [0.717, 1.165) is 6.42 Å².